The zero-order chi connectivity index (χ0) is 23.3. The summed E-state index contributed by atoms with van der Waals surface area (Å²) in [5, 5.41) is 6.64. The average Bonchev–Trinajstić information content (AvgIpc) is 2.83. The molecule has 1 unspecified atom stereocenters. The van der Waals surface area contributed by atoms with Gasteiger partial charge in [0.15, 0.2) is 5.96 Å². The largest absolute Gasteiger partial charge is 0.497 e. The van der Waals surface area contributed by atoms with Crippen LogP contribution in [0.3, 0.4) is 0 Å². The summed E-state index contributed by atoms with van der Waals surface area (Å²) in [7, 11) is 5.15. The number of rotatable bonds is 11. The van der Waals surface area contributed by atoms with Crippen LogP contribution in [0.15, 0.2) is 59.6 Å². The minimum atomic E-state index is -0.00713. The highest BCUT2D eigenvalue weighted by Crippen LogP contribution is 2.19. The lowest BCUT2D eigenvalue weighted by Gasteiger charge is -2.31. The summed E-state index contributed by atoms with van der Waals surface area (Å²) < 4.78 is 5.23. The Labute approximate surface area is 192 Å². The van der Waals surface area contributed by atoms with E-state index in [4.69, 9.17) is 9.73 Å². The van der Waals surface area contributed by atoms with Crippen LogP contribution in [0, 0.1) is 0 Å². The fourth-order valence-electron chi connectivity index (χ4n) is 3.38. The number of methoxy groups -OCH3 is 1. The molecule has 174 valence electrons. The van der Waals surface area contributed by atoms with Crippen molar-refractivity contribution in [3.05, 3.63) is 65.7 Å². The predicted molar refractivity (Wildman–Crippen MR) is 131 cm³/mol. The van der Waals surface area contributed by atoms with Gasteiger partial charge in [-0.2, -0.15) is 0 Å². The van der Waals surface area contributed by atoms with Crippen molar-refractivity contribution in [2.24, 2.45) is 4.99 Å². The number of carbonyl (C=O) groups is 1. The van der Waals surface area contributed by atoms with E-state index in [0.29, 0.717) is 19.0 Å². The molecule has 0 heterocycles. The number of aliphatic imine (C=N–C) groups is 1. The SMILES string of the molecule is CCN(CC)C(CNC(=NCc1ccc(OC)cc1)NCC(=O)N(C)C)c1ccccc1. The first-order valence-electron chi connectivity index (χ1n) is 11.1. The maximum atomic E-state index is 12.1. The predicted octanol–water partition coefficient (Wildman–Crippen LogP) is 2.90. The van der Waals surface area contributed by atoms with Crippen molar-refractivity contribution in [1.29, 1.82) is 0 Å². The third-order valence-corrected chi connectivity index (χ3v) is 5.38. The summed E-state index contributed by atoms with van der Waals surface area (Å²) in [6, 6.07) is 18.5. The van der Waals surface area contributed by atoms with E-state index >= 15 is 0 Å². The Morgan fingerprint density at radius 3 is 2.22 bits per heavy atom. The van der Waals surface area contributed by atoms with Gasteiger partial charge in [-0.05, 0) is 36.3 Å². The van der Waals surface area contributed by atoms with Crippen molar-refractivity contribution < 1.29 is 9.53 Å². The quantitative estimate of drug-likeness (QED) is 0.416. The van der Waals surface area contributed by atoms with Gasteiger partial charge in [0.25, 0.3) is 0 Å². The van der Waals surface area contributed by atoms with E-state index in [-0.39, 0.29) is 18.5 Å². The molecule has 0 aliphatic heterocycles. The van der Waals surface area contributed by atoms with Crippen molar-refractivity contribution in [2.45, 2.75) is 26.4 Å². The molecule has 0 radical (unpaired) electrons. The summed E-state index contributed by atoms with van der Waals surface area (Å²) in [4.78, 5) is 20.8. The molecule has 1 atom stereocenters. The van der Waals surface area contributed by atoms with Crippen molar-refractivity contribution in [3.63, 3.8) is 0 Å². The van der Waals surface area contributed by atoms with E-state index in [0.717, 1.165) is 24.4 Å². The topological polar surface area (TPSA) is 69.2 Å². The molecule has 7 heteroatoms. The highest BCUT2D eigenvalue weighted by atomic mass is 16.5. The van der Waals surface area contributed by atoms with Gasteiger partial charge in [0, 0.05) is 20.6 Å². The van der Waals surface area contributed by atoms with Crippen molar-refractivity contribution in [1.82, 2.24) is 20.4 Å². The van der Waals surface area contributed by atoms with Gasteiger partial charge in [0.2, 0.25) is 5.91 Å². The summed E-state index contributed by atoms with van der Waals surface area (Å²) in [5.41, 5.74) is 2.32. The molecule has 2 N–H and O–H groups in total. The monoisotopic (exact) mass is 439 g/mol. The van der Waals surface area contributed by atoms with Crippen LogP contribution < -0.4 is 15.4 Å². The number of ether oxygens (including phenoxy) is 1. The first kappa shape index (κ1) is 25.2. The third kappa shape index (κ3) is 7.89. The summed E-state index contributed by atoms with van der Waals surface area (Å²) in [5.74, 6) is 1.42. The maximum Gasteiger partial charge on any atom is 0.241 e. The van der Waals surface area contributed by atoms with Gasteiger partial charge < -0.3 is 20.3 Å². The second-order valence-corrected chi connectivity index (χ2v) is 7.68. The van der Waals surface area contributed by atoms with Crippen LogP contribution in [0.25, 0.3) is 0 Å². The second kappa shape index (κ2) is 13.4. The number of benzene rings is 2. The normalized spacial score (nSPS) is 12.4. The Kier molecular flexibility index (Phi) is 10.5. The molecule has 0 spiro atoms. The molecule has 0 saturated heterocycles. The fraction of sp³-hybridized carbons (Fsp3) is 0.440. The van der Waals surface area contributed by atoms with Crippen LogP contribution in [-0.2, 0) is 11.3 Å². The highest BCUT2D eigenvalue weighted by Gasteiger charge is 2.18. The van der Waals surface area contributed by atoms with Crippen LogP contribution in [0.1, 0.15) is 31.0 Å². The van der Waals surface area contributed by atoms with Crippen LogP contribution in [-0.4, -0.2) is 69.1 Å². The molecule has 2 rings (SSSR count). The minimum absolute atomic E-state index is 0.00713. The number of amides is 1. The number of guanidine groups is 1. The number of nitrogens with zero attached hydrogens (tertiary/aromatic N) is 3. The smallest absolute Gasteiger partial charge is 0.241 e. The lowest BCUT2D eigenvalue weighted by atomic mass is 10.1. The molecule has 2 aromatic rings. The van der Waals surface area contributed by atoms with Gasteiger partial charge in [-0.3, -0.25) is 9.69 Å². The molecule has 0 aliphatic rings. The van der Waals surface area contributed by atoms with E-state index in [1.165, 1.54) is 5.56 Å². The van der Waals surface area contributed by atoms with Gasteiger partial charge in [-0.25, -0.2) is 4.99 Å². The molecular weight excluding hydrogens is 402 g/mol. The summed E-state index contributed by atoms with van der Waals surface area (Å²) >= 11 is 0. The first-order chi connectivity index (χ1) is 15.5. The minimum Gasteiger partial charge on any atom is -0.497 e. The van der Waals surface area contributed by atoms with E-state index in [9.17, 15) is 4.79 Å². The second-order valence-electron chi connectivity index (χ2n) is 7.68. The van der Waals surface area contributed by atoms with E-state index in [1.807, 2.05) is 30.3 Å². The molecule has 1 amide bonds. The van der Waals surface area contributed by atoms with Gasteiger partial charge >= 0.3 is 0 Å². The Hall–Kier alpha value is -3.06. The Balaban J connectivity index is 2.15. The van der Waals surface area contributed by atoms with E-state index < -0.39 is 0 Å². The first-order valence-corrected chi connectivity index (χ1v) is 11.1. The number of likely N-dealkylation sites (N-methyl/N-ethyl adjacent to an activating group) is 2. The Morgan fingerprint density at radius 1 is 1.00 bits per heavy atom. The van der Waals surface area contributed by atoms with Gasteiger partial charge in [0.1, 0.15) is 5.75 Å². The third-order valence-electron chi connectivity index (χ3n) is 5.38. The molecule has 0 aliphatic carbocycles. The number of carbonyl (C=O) groups excluding carboxylic acids is 1. The van der Waals surface area contributed by atoms with Gasteiger partial charge in [0.05, 0.1) is 26.2 Å². The molecule has 0 bridgehead atoms. The van der Waals surface area contributed by atoms with Crippen molar-refractivity contribution in [3.8, 4) is 5.75 Å². The van der Waals surface area contributed by atoms with E-state index in [2.05, 4.69) is 53.6 Å². The van der Waals surface area contributed by atoms with Crippen molar-refractivity contribution in [2.75, 3.05) is 47.4 Å². The molecule has 2 aromatic carbocycles. The number of hydrogen-bond donors (Lipinski definition) is 2. The van der Waals surface area contributed by atoms with Crippen molar-refractivity contribution >= 4 is 11.9 Å². The standard InChI is InChI=1S/C25H37N5O2/c1-6-30(7-2)23(21-11-9-8-10-12-21)18-27-25(28-19-24(31)29(3)4)26-17-20-13-15-22(32-5)16-14-20/h8-16,23H,6-7,17-19H2,1-5H3,(H2,26,27,28). The zero-order valence-corrected chi connectivity index (χ0v) is 20.0. The molecule has 0 fully saturated rings. The average molecular weight is 440 g/mol. The van der Waals surface area contributed by atoms with Crippen LogP contribution >= 0.6 is 0 Å². The van der Waals surface area contributed by atoms with Crippen LogP contribution in [0.4, 0.5) is 0 Å². The van der Waals surface area contributed by atoms with Gasteiger partial charge in [-0.15, -0.1) is 0 Å². The number of nitrogens with one attached hydrogen (secondary N) is 2. The van der Waals surface area contributed by atoms with Crippen LogP contribution in [0.2, 0.25) is 0 Å². The Bertz CT molecular complexity index is 833. The summed E-state index contributed by atoms with van der Waals surface area (Å²) in [6.45, 7) is 7.60. The molecule has 0 saturated carbocycles. The summed E-state index contributed by atoms with van der Waals surface area (Å²) in [6.07, 6.45) is 0. The van der Waals surface area contributed by atoms with E-state index in [1.54, 1.807) is 26.1 Å². The molecular formula is C25H37N5O2. The van der Waals surface area contributed by atoms with Gasteiger partial charge in [-0.1, -0.05) is 56.3 Å². The van der Waals surface area contributed by atoms with Crippen LogP contribution in [0.5, 0.6) is 5.75 Å². The molecule has 0 aromatic heterocycles. The lowest BCUT2D eigenvalue weighted by molar-refractivity contribution is -0.127. The Morgan fingerprint density at radius 2 is 1.66 bits per heavy atom. The zero-order valence-electron chi connectivity index (χ0n) is 20.0. The molecule has 7 nitrogen and oxygen atoms in total. The number of hydrogen-bond acceptors (Lipinski definition) is 4. The highest BCUT2D eigenvalue weighted by molar-refractivity contribution is 5.86. The maximum absolute atomic E-state index is 12.1. The lowest BCUT2D eigenvalue weighted by Crippen LogP contribution is -2.46. The molecule has 32 heavy (non-hydrogen) atoms. The fourth-order valence-corrected chi connectivity index (χ4v) is 3.38.